The molecular formula is C20H29N3O2. The van der Waals surface area contributed by atoms with Gasteiger partial charge in [0.1, 0.15) is 0 Å². The van der Waals surface area contributed by atoms with Crippen molar-refractivity contribution in [3.05, 3.63) is 36.0 Å². The van der Waals surface area contributed by atoms with Crippen LogP contribution in [0, 0.1) is 0 Å². The lowest BCUT2D eigenvalue weighted by Gasteiger charge is -2.42. The SMILES string of the molecule is COCCn1cc(CN2CC3C[C@@H](O)CN3C[C@@H]2C)c2ccccc21. The van der Waals surface area contributed by atoms with E-state index in [0.717, 1.165) is 45.8 Å². The van der Waals surface area contributed by atoms with Crippen LogP contribution in [-0.4, -0.2) is 71.0 Å². The van der Waals surface area contributed by atoms with Gasteiger partial charge in [0.15, 0.2) is 0 Å². The second-order valence-corrected chi connectivity index (χ2v) is 7.63. The molecule has 1 aromatic carbocycles. The molecule has 5 heteroatoms. The van der Waals surface area contributed by atoms with Gasteiger partial charge in [-0.05, 0) is 25.0 Å². The van der Waals surface area contributed by atoms with Crippen molar-refractivity contribution in [2.75, 3.05) is 33.4 Å². The number of benzene rings is 1. The quantitative estimate of drug-likeness (QED) is 0.901. The molecule has 1 aromatic heterocycles. The van der Waals surface area contributed by atoms with Crippen LogP contribution in [0.3, 0.4) is 0 Å². The lowest BCUT2D eigenvalue weighted by Crippen LogP contribution is -2.54. The molecule has 0 aliphatic carbocycles. The van der Waals surface area contributed by atoms with E-state index in [-0.39, 0.29) is 6.10 Å². The van der Waals surface area contributed by atoms with Gasteiger partial charge in [0.2, 0.25) is 0 Å². The van der Waals surface area contributed by atoms with Gasteiger partial charge in [-0.15, -0.1) is 0 Å². The van der Waals surface area contributed by atoms with Crippen LogP contribution in [0.1, 0.15) is 18.9 Å². The smallest absolute Gasteiger partial charge is 0.0682 e. The molecule has 2 aromatic rings. The average Bonchev–Trinajstić information content (AvgIpc) is 3.13. The zero-order valence-electron chi connectivity index (χ0n) is 15.3. The molecule has 0 saturated carbocycles. The van der Waals surface area contributed by atoms with Gasteiger partial charge < -0.3 is 14.4 Å². The molecule has 0 amide bonds. The van der Waals surface area contributed by atoms with Crippen LogP contribution in [0.5, 0.6) is 0 Å². The minimum absolute atomic E-state index is 0.145. The monoisotopic (exact) mass is 343 g/mol. The zero-order valence-corrected chi connectivity index (χ0v) is 15.3. The lowest BCUT2D eigenvalue weighted by molar-refractivity contribution is 0.0531. The number of rotatable bonds is 5. The van der Waals surface area contributed by atoms with Crippen molar-refractivity contribution >= 4 is 10.9 Å². The highest BCUT2D eigenvalue weighted by atomic mass is 16.5. The number of nitrogens with zero attached hydrogens (tertiary/aromatic N) is 3. The largest absolute Gasteiger partial charge is 0.392 e. The van der Waals surface area contributed by atoms with Crippen LogP contribution < -0.4 is 0 Å². The molecule has 2 fully saturated rings. The predicted molar refractivity (Wildman–Crippen MR) is 99.7 cm³/mol. The number of piperazine rings is 1. The molecule has 0 radical (unpaired) electrons. The molecule has 2 saturated heterocycles. The molecule has 4 rings (SSSR count). The summed E-state index contributed by atoms with van der Waals surface area (Å²) in [6.45, 7) is 7.86. The van der Waals surface area contributed by atoms with E-state index in [9.17, 15) is 5.11 Å². The Morgan fingerprint density at radius 3 is 2.88 bits per heavy atom. The summed E-state index contributed by atoms with van der Waals surface area (Å²) >= 11 is 0. The molecule has 3 heterocycles. The highest BCUT2D eigenvalue weighted by Gasteiger charge is 2.38. The number of aromatic nitrogens is 1. The normalized spacial score (nSPS) is 27.9. The first-order valence-corrected chi connectivity index (χ1v) is 9.37. The van der Waals surface area contributed by atoms with Crippen molar-refractivity contribution in [2.45, 2.75) is 44.6 Å². The number of methoxy groups -OCH3 is 1. The molecular weight excluding hydrogens is 314 g/mol. The molecule has 0 spiro atoms. The maximum absolute atomic E-state index is 9.97. The van der Waals surface area contributed by atoms with Crippen molar-refractivity contribution in [3.63, 3.8) is 0 Å². The summed E-state index contributed by atoms with van der Waals surface area (Å²) < 4.78 is 7.58. The zero-order chi connectivity index (χ0) is 17.4. The maximum Gasteiger partial charge on any atom is 0.0682 e. The van der Waals surface area contributed by atoms with Crippen LogP contribution in [0.25, 0.3) is 10.9 Å². The van der Waals surface area contributed by atoms with Crippen LogP contribution in [0.4, 0.5) is 0 Å². The molecule has 1 N–H and O–H groups in total. The summed E-state index contributed by atoms with van der Waals surface area (Å²) in [5.74, 6) is 0. The Balaban J connectivity index is 1.56. The first kappa shape index (κ1) is 17.0. The fourth-order valence-corrected chi connectivity index (χ4v) is 4.54. The van der Waals surface area contributed by atoms with E-state index in [4.69, 9.17) is 4.74 Å². The molecule has 25 heavy (non-hydrogen) atoms. The summed E-state index contributed by atoms with van der Waals surface area (Å²) in [5.41, 5.74) is 2.68. The standard InChI is InChI=1S/C20H29N3O2/c1-15-10-23-14-18(24)9-17(23)13-22(15)12-16-11-21(7-8-25-2)20-6-4-3-5-19(16)20/h3-6,11,15,17-18,24H,7-10,12-14H2,1-2H3/t15-,17?,18+/m0/s1. The van der Waals surface area contributed by atoms with Crippen LogP contribution in [0.2, 0.25) is 0 Å². The highest BCUT2D eigenvalue weighted by molar-refractivity contribution is 5.83. The summed E-state index contributed by atoms with van der Waals surface area (Å²) in [6.07, 6.45) is 3.07. The summed E-state index contributed by atoms with van der Waals surface area (Å²) in [5, 5.41) is 11.3. The predicted octanol–water partition coefficient (Wildman–Crippen LogP) is 1.93. The van der Waals surface area contributed by atoms with Crippen molar-refractivity contribution in [1.82, 2.24) is 14.4 Å². The Kier molecular flexibility index (Phi) is 4.82. The number of para-hydroxylation sites is 1. The van der Waals surface area contributed by atoms with Crippen LogP contribution in [-0.2, 0) is 17.8 Å². The molecule has 5 nitrogen and oxygen atoms in total. The summed E-state index contributed by atoms with van der Waals surface area (Å²) in [6, 6.07) is 9.69. The number of hydrogen-bond acceptors (Lipinski definition) is 4. The maximum atomic E-state index is 9.97. The van der Waals surface area contributed by atoms with Gasteiger partial charge in [-0.25, -0.2) is 0 Å². The first-order chi connectivity index (χ1) is 12.2. The van der Waals surface area contributed by atoms with Crippen molar-refractivity contribution < 1.29 is 9.84 Å². The first-order valence-electron chi connectivity index (χ1n) is 9.37. The second kappa shape index (κ2) is 7.08. The number of hydrogen-bond donors (Lipinski definition) is 1. The molecule has 2 aliphatic heterocycles. The molecule has 136 valence electrons. The van der Waals surface area contributed by atoms with E-state index < -0.39 is 0 Å². The lowest BCUT2D eigenvalue weighted by atomic mass is 10.1. The number of fused-ring (bicyclic) bond motifs is 2. The Morgan fingerprint density at radius 2 is 2.04 bits per heavy atom. The molecule has 2 aliphatic rings. The van der Waals surface area contributed by atoms with Crippen molar-refractivity contribution in [1.29, 1.82) is 0 Å². The Bertz CT molecular complexity index is 729. The van der Waals surface area contributed by atoms with E-state index in [2.05, 4.69) is 51.8 Å². The number of aliphatic hydroxyl groups excluding tert-OH is 1. The molecule has 3 atom stereocenters. The third kappa shape index (κ3) is 3.34. The average molecular weight is 343 g/mol. The van der Waals surface area contributed by atoms with Crippen LogP contribution >= 0.6 is 0 Å². The molecule has 0 bridgehead atoms. The number of ether oxygens (including phenoxy) is 1. The Hall–Kier alpha value is -1.40. The van der Waals surface area contributed by atoms with E-state index in [1.165, 1.54) is 16.5 Å². The van der Waals surface area contributed by atoms with Gasteiger partial charge in [0.05, 0.1) is 12.7 Å². The second-order valence-electron chi connectivity index (χ2n) is 7.63. The Labute approximate surface area is 149 Å². The minimum atomic E-state index is -0.145. The number of aliphatic hydroxyl groups is 1. The van der Waals surface area contributed by atoms with Crippen LogP contribution in [0.15, 0.2) is 30.5 Å². The van der Waals surface area contributed by atoms with E-state index >= 15 is 0 Å². The van der Waals surface area contributed by atoms with Crippen molar-refractivity contribution in [2.24, 2.45) is 0 Å². The van der Waals surface area contributed by atoms with Gasteiger partial charge in [-0.2, -0.15) is 0 Å². The van der Waals surface area contributed by atoms with E-state index in [1.54, 1.807) is 7.11 Å². The van der Waals surface area contributed by atoms with Crippen molar-refractivity contribution in [3.8, 4) is 0 Å². The van der Waals surface area contributed by atoms with E-state index in [0.29, 0.717) is 12.1 Å². The fourth-order valence-electron chi connectivity index (χ4n) is 4.54. The van der Waals surface area contributed by atoms with Gasteiger partial charge >= 0.3 is 0 Å². The fraction of sp³-hybridized carbons (Fsp3) is 0.600. The Morgan fingerprint density at radius 1 is 1.20 bits per heavy atom. The van der Waals surface area contributed by atoms with Gasteiger partial charge in [0, 0.05) is 69.0 Å². The van der Waals surface area contributed by atoms with Gasteiger partial charge in [-0.1, -0.05) is 18.2 Å². The van der Waals surface area contributed by atoms with Gasteiger partial charge in [0.25, 0.3) is 0 Å². The third-order valence-corrected chi connectivity index (χ3v) is 5.85. The van der Waals surface area contributed by atoms with Gasteiger partial charge in [-0.3, -0.25) is 9.80 Å². The highest BCUT2D eigenvalue weighted by Crippen LogP contribution is 2.28. The summed E-state index contributed by atoms with van der Waals surface area (Å²) in [7, 11) is 1.75. The molecule has 1 unspecified atom stereocenters. The summed E-state index contributed by atoms with van der Waals surface area (Å²) in [4.78, 5) is 5.05. The minimum Gasteiger partial charge on any atom is -0.392 e. The van der Waals surface area contributed by atoms with E-state index in [1.807, 2.05) is 0 Å². The topological polar surface area (TPSA) is 40.9 Å². The third-order valence-electron chi connectivity index (χ3n) is 5.85.